The lowest BCUT2D eigenvalue weighted by Crippen LogP contribution is -2.48. The molecule has 6 nitrogen and oxygen atoms in total. The third kappa shape index (κ3) is 5.32. The number of aryl methyl sites for hydroxylation is 1. The van der Waals surface area contributed by atoms with E-state index in [1.54, 1.807) is 4.90 Å². The van der Waals surface area contributed by atoms with Gasteiger partial charge in [0.25, 0.3) is 0 Å². The number of nitrogens with one attached hydrogen (secondary N) is 1. The topological polar surface area (TPSA) is 55.9 Å². The quantitative estimate of drug-likeness (QED) is 0.780. The number of benzene rings is 2. The molecule has 31 heavy (non-hydrogen) atoms. The van der Waals surface area contributed by atoms with Crippen LogP contribution in [0.4, 0.5) is 5.69 Å². The van der Waals surface area contributed by atoms with Gasteiger partial charge in [0.05, 0.1) is 12.0 Å². The first-order chi connectivity index (χ1) is 15.0. The van der Waals surface area contributed by atoms with E-state index >= 15 is 0 Å². The molecule has 2 fully saturated rings. The molecule has 0 aromatic heterocycles. The second kappa shape index (κ2) is 9.62. The number of nitrogens with zero attached hydrogens (tertiary/aromatic N) is 3. The monoisotopic (exact) mass is 420 g/mol. The molecule has 0 spiro atoms. The van der Waals surface area contributed by atoms with Gasteiger partial charge in [0.2, 0.25) is 11.8 Å². The fourth-order valence-corrected chi connectivity index (χ4v) is 4.36. The third-order valence-electron chi connectivity index (χ3n) is 6.40. The van der Waals surface area contributed by atoms with Crippen molar-refractivity contribution in [3.8, 4) is 0 Å². The van der Waals surface area contributed by atoms with Crippen LogP contribution >= 0.6 is 0 Å². The molecule has 1 N–H and O–H groups in total. The van der Waals surface area contributed by atoms with Gasteiger partial charge in [-0.2, -0.15) is 0 Å². The number of carbonyl (C=O) groups excluding carboxylic acids is 2. The lowest BCUT2D eigenvalue weighted by Gasteiger charge is -2.35. The van der Waals surface area contributed by atoms with Gasteiger partial charge in [-0.25, -0.2) is 0 Å². The summed E-state index contributed by atoms with van der Waals surface area (Å²) in [6.45, 7) is 7.32. The van der Waals surface area contributed by atoms with E-state index in [9.17, 15) is 9.59 Å². The molecule has 2 heterocycles. The van der Waals surface area contributed by atoms with Crippen molar-refractivity contribution in [3.05, 3.63) is 65.7 Å². The zero-order valence-electron chi connectivity index (χ0n) is 18.5. The summed E-state index contributed by atoms with van der Waals surface area (Å²) in [5.74, 6) is -0.349. The van der Waals surface area contributed by atoms with Gasteiger partial charge in [0.15, 0.2) is 0 Å². The van der Waals surface area contributed by atoms with Crippen LogP contribution in [-0.4, -0.2) is 67.9 Å². The number of carbonyl (C=O) groups is 2. The van der Waals surface area contributed by atoms with E-state index in [4.69, 9.17) is 0 Å². The smallest absolute Gasteiger partial charge is 0.227 e. The van der Waals surface area contributed by atoms with Crippen LogP contribution in [0.1, 0.15) is 23.6 Å². The molecule has 0 radical (unpaired) electrons. The molecule has 2 amide bonds. The van der Waals surface area contributed by atoms with Crippen LogP contribution in [-0.2, 0) is 9.59 Å². The number of hydrogen-bond donors (Lipinski definition) is 1. The SMILES string of the molecule is Cc1ccc(N2CC(C(=O)NC(CN3CCN(C)CC3)c3ccccc3)CC2=O)cc1. The number of likely N-dealkylation sites (N-methyl/N-ethyl adjacent to an activating group) is 1. The minimum absolute atomic E-state index is 0.0133. The number of hydrogen-bond acceptors (Lipinski definition) is 4. The van der Waals surface area contributed by atoms with E-state index in [2.05, 4.69) is 34.3 Å². The average molecular weight is 421 g/mol. The Morgan fingerprint density at radius 2 is 1.71 bits per heavy atom. The van der Waals surface area contributed by atoms with Crippen molar-refractivity contribution in [3.63, 3.8) is 0 Å². The molecule has 0 aliphatic carbocycles. The molecule has 2 unspecified atom stereocenters. The normalized spacial score (nSPS) is 21.3. The minimum atomic E-state index is -0.326. The maximum Gasteiger partial charge on any atom is 0.227 e. The van der Waals surface area contributed by atoms with Gasteiger partial charge in [-0.15, -0.1) is 0 Å². The summed E-state index contributed by atoms with van der Waals surface area (Å²) in [5, 5.41) is 3.26. The van der Waals surface area contributed by atoms with Gasteiger partial charge in [0, 0.05) is 51.4 Å². The summed E-state index contributed by atoms with van der Waals surface area (Å²) in [5.41, 5.74) is 3.12. The Morgan fingerprint density at radius 1 is 1.03 bits per heavy atom. The predicted octanol–water partition coefficient (Wildman–Crippen LogP) is 2.45. The molecule has 2 aliphatic rings. The number of anilines is 1. The van der Waals surface area contributed by atoms with Crippen molar-refractivity contribution in [1.82, 2.24) is 15.1 Å². The van der Waals surface area contributed by atoms with Crippen LogP contribution in [0.15, 0.2) is 54.6 Å². The second-order valence-electron chi connectivity index (χ2n) is 8.82. The molecule has 2 aliphatic heterocycles. The van der Waals surface area contributed by atoms with Crippen LogP contribution < -0.4 is 10.2 Å². The van der Waals surface area contributed by atoms with E-state index in [1.807, 2.05) is 49.4 Å². The summed E-state index contributed by atoms with van der Waals surface area (Å²) >= 11 is 0. The molecular weight excluding hydrogens is 388 g/mol. The lowest BCUT2D eigenvalue weighted by molar-refractivity contribution is -0.127. The second-order valence-corrected chi connectivity index (χ2v) is 8.82. The Kier molecular flexibility index (Phi) is 6.68. The molecule has 2 aromatic carbocycles. The minimum Gasteiger partial charge on any atom is -0.348 e. The molecular formula is C25H32N4O2. The highest BCUT2D eigenvalue weighted by molar-refractivity contribution is 6.00. The molecule has 2 saturated heterocycles. The lowest BCUT2D eigenvalue weighted by atomic mass is 10.0. The standard InChI is InChI=1S/C25H32N4O2/c1-19-8-10-22(11-9-19)29-17-21(16-24(29)30)25(31)26-23(20-6-4-3-5-7-20)18-28-14-12-27(2)13-15-28/h3-11,21,23H,12-18H2,1-2H3,(H,26,31). The zero-order chi connectivity index (χ0) is 21.8. The third-order valence-corrected chi connectivity index (χ3v) is 6.40. The fraction of sp³-hybridized carbons (Fsp3) is 0.440. The van der Waals surface area contributed by atoms with Crippen LogP contribution in [0.5, 0.6) is 0 Å². The highest BCUT2D eigenvalue weighted by Crippen LogP contribution is 2.26. The Hall–Kier alpha value is -2.70. The van der Waals surface area contributed by atoms with Gasteiger partial charge < -0.3 is 15.1 Å². The Morgan fingerprint density at radius 3 is 2.39 bits per heavy atom. The molecule has 0 saturated carbocycles. The van der Waals surface area contributed by atoms with E-state index in [1.165, 1.54) is 0 Å². The summed E-state index contributed by atoms with van der Waals surface area (Å²) in [6, 6.07) is 18.0. The Bertz CT molecular complexity index is 891. The first-order valence-electron chi connectivity index (χ1n) is 11.1. The van der Waals surface area contributed by atoms with Crippen molar-refractivity contribution >= 4 is 17.5 Å². The maximum atomic E-state index is 13.2. The summed E-state index contributed by atoms with van der Waals surface area (Å²) in [4.78, 5) is 32.3. The van der Waals surface area contributed by atoms with E-state index < -0.39 is 0 Å². The average Bonchev–Trinajstić information content (AvgIpc) is 3.17. The van der Waals surface area contributed by atoms with E-state index in [0.717, 1.165) is 49.5 Å². The van der Waals surface area contributed by atoms with Gasteiger partial charge >= 0.3 is 0 Å². The van der Waals surface area contributed by atoms with E-state index in [-0.39, 0.29) is 30.2 Å². The van der Waals surface area contributed by atoms with Crippen molar-refractivity contribution in [1.29, 1.82) is 0 Å². The van der Waals surface area contributed by atoms with Crippen LogP contribution in [0, 0.1) is 12.8 Å². The highest BCUT2D eigenvalue weighted by Gasteiger charge is 2.36. The van der Waals surface area contributed by atoms with Gasteiger partial charge in [-0.3, -0.25) is 14.5 Å². The van der Waals surface area contributed by atoms with Crippen molar-refractivity contribution in [2.45, 2.75) is 19.4 Å². The number of amides is 2. The summed E-state index contributed by atoms with van der Waals surface area (Å²) in [7, 11) is 2.14. The molecule has 164 valence electrons. The largest absolute Gasteiger partial charge is 0.348 e. The van der Waals surface area contributed by atoms with Crippen LogP contribution in [0.2, 0.25) is 0 Å². The first kappa shape index (κ1) is 21.5. The Labute approximate surface area is 184 Å². The molecule has 2 aromatic rings. The fourth-order valence-electron chi connectivity index (χ4n) is 4.36. The summed E-state index contributed by atoms with van der Waals surface area (Å²) in [6.07, 6.45) is 0.260. The predicted molar refractivity (Wildman–Crippen MR) is 123 cm³/mol. The summed E-state index contributed by atoms with van der Waals surface area (Å²) < 4.78 is 0. The highest BCUT2D eigenvalue weighted by atomic mass is 16.2. The van der Waals surface area contributed by atoms with Gasteiger partial charge in [0.1, 0.15) is 0 Å². The van der Waals surface area contributed by atoms with Crippen molar-refractivity contribution in [2.24, 2.45) is 5.92 Å². The van der Waals surface area contributed by atoms with E-state index in [0.29, 0.717) is 6.54 Å². The number of piperazine rings is 1. The molecule has 2 atom stereocenters. The van der Waals surface area contributed by atoms with Gasteiger partial charge in [-0.05, 0) is 31.7 Å². The molecule has 0 bridgehead atoms. The maximum absolute atomic E-state index is 13.2. The number of rotatable bonds is 6. The first-order valence-corrected chi connectivity index (χ1v) is 11.1. The Balaban J connectivity index is 1.43. The van der Waals surface area contributed by atoms with Crippen molar-refractivity contribution in [2.75, 3.05) is 51.2 Å². The van der Waals surface area contributed by atoms with Crippen LogP contribution in [0.3, 0.4) is 0 Å². The van der Waals surface area contributed by atoms with Crippen molar-refractivity contribution < 1.29 is 9.59 Å². The van der Waals surface area contributed by atoms with Crippen LogP contribution in [0.25, 0.3) is 0 Å². The van der Waals surface area contributed by atoms with Gasteiger partial charge in [-0.1, -0.05) is 48.0 Å². The zero-order valence-corrected chi connectivity index (χ0v) is 18.5. The molecule has 6 heteroatoms. The molecule has 4 rings (SSSR count).